The summed E-state index contributed by atoms with van der Waals surface area (Å²) in [6.45, 7) is -2.88. The lowest BCUT2D eigenvalue weighted by atomic mass is 9.29. The lowest BCUT2D eigenvalue weighted by molar-refractivity contribution is 0.466. The highest BCUT2D eigenvalue weighted by Crippen LogP contribution is 2.59. The molecule has 7 nitrogen and oxygen atoms in total. The van der Waals surface area contributed by atoms with Gasteiger partial charge in [-0.1, -0.05) is 273 Å². The van der Waals surface area contributed by atoms with Crippen LogP contribution in [-0.2, 0) is 0 Å². The van der Waals surface area contributed by atoms with Crippen molar-refractivity contribution in [2.75, 3.05) is 14.7 Å². The SMILES string of the molecule is [2H]c1c([2H])c([2H])c(-c2c([2H])c([2H])c3c(c2[2H])N(c2c(-c4ccccc4)cccc2-c2ccccc2)c2cc(N4c5ccccc5Oc5ccccc54)cc4c2B3c2c3c5c(c([2H])c2N4c2c(-c4ccccc4)cccc2-c2ccccc2)-n2c4c([2H])c([2H])c([2H])c([2H])c4c4c([2H])c([2H])c6c(c42)B5c2c(c([2H])c(-c4ccccc4)c([2H])c2O6)O3)c([2H])c1[2H]. The van der Waals surface area contributed by atoms with E-state index >= 15 is 0 Å². The van der Waals surface area contributed by atoms with Crippen LogP contribution in [0.1, 0.15) is 23.3 Å². The summed E-state index contributed by atoms with van der Waals surface area (Å²) in [5.74, 6) is 0.479. The average molecular weight is 1350 g/mol. The Hall–Kier alpha value is -13.8. The molecule has 6 aliphatic rings. The molecule has 105 heavy (non-hydrogen) atoms. The van der Waals surface area contributed by atoms with Gasteiger partial charge in [0, 0.05) is 66.9 Å². The summed E-state index contributed by atoms with van der Waals surface area (Å²) in [6, 6.07) is 69.4. The molecule has 0 unspecified atom stereocenters. The van der Waals surface area contributed by atoms with Crippen molar-refractivity contribution < 1.29 is 37.5 Å². The van der Waals surface area contributed by atoms with Gasteiger partial charge < -0.3 is 33.5 Å². The molecule has 0 saturated heterocycles. The van der Waals surface area contributed by atoms with E-state index in [1.807, 2.05) is 228 Å². The lowest BCUT2D eigenvalue weighted by Gasteiger charge is -2.48. The Balaban J connectivity index is 0.998. The molecule has 6 aliphatic heterocycles. The van der Waals surface area contributed by atoms with Crippen LogP contribution in [0.25, 0.3) is 94.3 Å². The van der Waals surface area contributed by atoms with E-state index in [0.29, 0.717) is 95.7 Å². The molecule has 16 aromatic carbocycles. The minimum Gasteiger partial charge on any atom is -0.459 e. The zero-order valence-electron chi connectivity index (χ0n) is 72.3. The smallest absolute Gasteiger partial charge is 0.266 e. The standard InChI is InChI=1S/C96H58B2N4O3/c1-7-27-59(28-8-1)65-49-51-74-78(53-65)101(93-68(61-31-11-3-12-32-61)40-25-41-69(93)62-33-13-4-14-34-62)79-56-67(99-76-45-21-23-47-83(76)103-84-48-24-22-46-77(84)99)57-80-88(79)97(74)89-81(102(80)94-70(63-35-15-5-16-36-63)42-26-43-71(94)64-37-17-6-18-38-64)58-82-90-96(89)105-87-55-66(60-29-9-2-10-30-60)54-86-91(87)98(90)92-85(104-86)52-50-73-72-39-19-20-44-75(72)100(82)95(73)92/h1-58H/i1D,7D,8D,19D,20D,27D,28D,39D,44D,49D,50D,51D,52D,53D,54D,55D,58D. The van der Waals surface area contributed by atoms with Gasteiger partial charge >= 0.3 is 0 Å². The zero-order valence-corrected chi connectivity index (χ0v) is 55.3. The van der Waals surface area contributed by atoms with Crippen molar-refractivity contribution in [3.05, 3.63) is 351 Å². The number of aromatic nitrogens is 1. The third-order valence-electron chi connectivity index (χ3n) is 21.2. The first-order chi connectivity index (χ1) is 59.2. The van der Waals surface area contributed by atoms with E-state index in [4.69, 9.17) is 15.6 Å². The molecule has 0 atom stereocenters. The maximum Gasteiger partial charge on any atom is 0.266 e. The average Bonchev–Trinajstić information content (AvgIpc) is 1.21. The number of ether oxygens (including phenoxy) is 3. The Morgan fingerprint density at radius 2 is 0.781 bits per heavy atom. The number of fused-ring (bicyclic) bond motifs is 11. The second kappa shape index (κ2) is 22.4. The van der Waals surface area contributed by atoms with Crippen molar-refractivity contribution >= 4 is 119 Å². The molecule has 7 heterocycles. The third kappa shape index (κ3) is 8.40. The van der Waals surface area contributed by atoms with Gasteiger partial charge in [-0.15, -0.1) is 0 Å². The molecule has 1 aromatic heterocycles. The van der Waals surface area contributed by atoms with Gasteiger partial charge in [0.1, 0.15) is 23.0 Å². The molecule has 0 amide bonds. The van der Waals surface area contributed by atoms with Crippen LogP contribution in [0.4, 0.5) is 51.2 Å². The van der Waals surface area contributed by atoms with E-state index in [2.05, 4.69) is 4.90 Å². The van der Waals surface area contributed by atoms with Crippen molar-refractivity contribution in [3.8, 4) is 107 Å². The molecule has 0 bridgehead atoms. The van der Waals surface area contributed by atoms with Crippen LogP contribution in [0.2, 0.25) is 0 Å². The van der Waals surface area contributed by atoms with Gasteiger partial charge in [-0.3, -0.25) is 0 Å². The van der Waals surface area contributed by atoms with Gasteiger partial charge in [0.05, 0.1) is 62.8 Å². The van der Waals surface area contributed by atoms with Crippen LogP contribution < -0.4 is 61.7 Å². The van der Waals surface area contributed by atoms with Gasteiger partial charge in [-0.05, 0) is 151 Å². The van der Waals surface area contributed by atoms with Crippen molar-refractivity contribution in [2.45, 2.75) is 0 Å². The van der Waals surface area contributed by atoms with E-state index in [1.165, 1.54) is 0 Å². The molecule has 17 aromatic rings. The molecule has 23 rings (SSSR count). The minimum atomic E-state index is -1.55. The first-order valence-electron chi connectivity index (χ1n) is 43.2. The predicted molar refractivity (Wildman–Crippen MR) is 433 cm³/mol. The van der Waals surface area contributed by atoms with E-state index < -0.39 is 109 Å². The fourth-order valence-corrected chi connectivity index (χ4v) is 16.9. The van der Waals surface area contributed by atoms with E-state index in [1.54, 1.807) is 34.9 Å². The number of nitrogens with zero attached hydrogens (tertiary/aromatic N) is 4. The van der Waals surface area contributed by atoms with Crippen LogP contribution in [0.3, 0.4) is 0 Å². The molecule has 0 saturated carbocycles. The summed E-state index contributed by atoms with van der Waals surface area (Å²) < 4.78 is 198. The molecule has 486 valence electrons. The van der Waals surface area contributed by atoms with Crippen molar-refractivity contribution in [2.24, 2.45) is 0 Å². The largest absolute Gasteiger partial charge is 0.459 e. The van der Waals surface area contributed by atoms with Crippen molar-refractivity contribution in [3.63, 3.8) is 0 Å². The first-order valence-corrected chi connectivity index (χ1v) is 34.7. The van der Waals surface area contributed by atoms with Gasteiger partial charge in [0.25, 0.3) is 13.4 Å². The molecular weight excluding hydrogens is 1280 g/mol. The molecule has 0 aliphatic carbocycles. The van der Waals surface area contributed by atoms with E-state index in [9.17, 15) is 21.9 Å². The number of hydrogen-bond acceptors (Lipinski definition) is 6. The summed E-state index contributed by atoms with van der Waals surface area (Å²) in [5, 5.41) is -0.172. The van der Waals surface area contributed by atoms with Gasteiger partial charge in [-0.25, -0.2) is 0 Å². The highest BCUT2D eigenvalue weighted by molar-refractivity contribution is 7.04. The van der Waals surface area contributed by atoms with Gasteiger partial charge in [0.15, 0.2) is 11.5 Å². The Bertz CT molecular complexity index is 7430. The van der Waals surface area contributed by atoms with Crippen LogP contribution in [0.5, 0.6) is 34.5 Å². The molecule has 0 N–H and O–H groups in total. The highest BCUT2D eigenvalue weighted by atomic mass is 16.5. The molecule has 0 fully saturated rings. The summed E-state index contributed by atoms with van der Waals surface area (Å²) in [7, 11) is 0. The monoisotopic (exact) mass is 1350 g/mol. The maximum absolute atomic E-state index is 12.3. The molecule has 9 heteroatoms. The highest BCUT2D eigenvalue weighted by Gasteiger charge is 2.53. The maximum atomic E-state index is 12.3. The van der Waals surface area contributed by atoms with Gasteiger partial charge in [0.2, 0.25) is 0 Å². The lowest BCUT2D eigenvalue weighted by Crippen LogP contribution is -2.66. The third-order valence-corrected chi connectivity index (χ3v) is 21.2. The fourth-order valence-electron chi connectivity index (χ4n) is 16.9. The molecule has 0 radical (unpaired) electrons. The van der Waals surface area contributed by atoms with E-state index in [-0.39, 0.29) is 113 Å². The minimum absolute atomic E-state index is 0.0145. The Kier molecular flexibility index (Phi) is 9.34. The van der Waals surface area contributed by atoms with Gasteiger partial charge in [-0.2, -0.15) is 0 Å². The fraction of sp³-hybridized carbons (Fsp3) is 0. The number of benzene rings is 16. The second-order valence-corrected chi connectivity index (χ2v) is 26.7. The van der Waals surface area contributed by atoms with Crippen LogP contribution in [0.15, 0.2) is 351 Å². The predicted octanol–water partition coefficient (Wildman–Crippen LogP) is 21.5. The first kappa shape index (κ1) is 43.8. The summed E-state index contributed by atoms with van der Waals surface area (Å²) in [6.07, 6.45) is 0. The summed E-state index contributed by atoms with van der Waals surface area (Å²) in [4.78, 5) is 6.05. The van der Waals surface area contributed by atoms with Crippen LogP contribution >= 0.6 is 0 Å². The van der Waals surface area contributed by atoms with E-state index in [0.717, 1.165) is 11.1 Å². The number of para-hydroxylation sites is 7. The zero-order chi connectivity index (χ0) is 83.3. The second-order valence-electron chi connectivity index (χ2n) is 26.7. The number of anilines is 9. The van der Waals surface area contributed by atoms with Crippen molar-refractivity contribution in [1.29, 1.82) is 0 Å². The van der Waals surface area contributed by atoms with Crippen LogP contribution in [-0.4, -0.2) is 18.0 Å². The Morgan fingerprint density at radius 1 is 0.276 bits per heavy atom. The number of rotatable bonds is 9. The summed E-state index contributed by atoms with van der Waals surface area (Å²) >= 11 is 0. The normalized spacial score (nSPS) is 15.5. The van der Waals surface area contributed by atoms with Crippen LogP contribution in [0, 0.1) is 0 Å². The topological polar surface area (TPSA) is 42.3 Å². The Labute approximate surface area is 631 Å². The molecular formula is C96H58B2N4O3. The summed E-state index contributed by atoms with van der Waals surface area (Å²) in [5.41, 5.74) is 9.00. The Morgan fingerprint density at radius 3 is 1.37 bits per heavy atom. The molecule has 0 spiro atoms. The number of hydrogen-bond donors (Lipinski definition) is 0. The van der Waals surface area contributed by atoms with Crippen molar-refractivity contribution in [1.82, 2.24) is 4.57 Å². The quantitative estimate of drug-likeness (QED) is 0.134.